The van der Waals surface area contributed by atoms with Crippen molar-refractivity contribution in [3.8, 4) is 0 Å². The molecule has 2 N–H and O–H groups in total. The number of piperazine rings is 1. The van der Waals surface area contributed by atoms with Crippen LogP contribution in [0.5, 0.6) is 0 Å². The van der Waals surface area contributed by atoms with E-state index in [1.54, 1.807) is 7.05 Å². The van der Waals surface area contributed by atoms with E-state index in [-0.39, 0.29) is 30.6 Å². The van der Waals surface area contributed by atoms with E-state index in [4.69, 9.17) is 5.73 Å². The second kappa shape index (κ2) is 4.04. The normalized spacial score (nSPS) is 16.6. The van der Waals surface area contributed by atoms with Gasteiger partial charge in [0.05, 0.1) is 12.2 Å². The van der Waals surface area contributed by atoms with Crippen LogP contribution in [0.1, 0.15) is 0 Å². The molecular formula is C11H12FN3O2. The number of benzene rings is 1. The lowest BCUT2D eigenvalue weighted by Gasteiger charge is -2.31. The van der Waals surface area contributed by atoms with Gasteiger partial charge in [-0.25, -0.2) is 4.39 Å². The van der Waals surface area contributed by atoms with Gasteiger partial charge in [0, 0.05) is 12.7 Å². The minimum absolute atomic E-state index is 0.00479. The summed E-state index contributed by atoms with van der Waals surface area (Å²) < 4.78 is 13.3. The van der Waals surface area contributed by atoms with Gasteiger partial charge in [0.2, 0.25) is 11.8 Å². The molecule has 1 aliphatic heterocycles. The number of rotatable bonds is 1. The van der Waals surface area contributed by atoms with Crippen LogP contribution in [0.2, 0.25) is 0 Å². The van der Waals surface area contributed by atoms with Crippen LogP contribution in [0.15, 0.2) is 18.2 Å². The Morgan fingerprint density at radius 3 is 2.59 bits per heavy atom. The molecule has 0 aromatic heterocycles. The predicted octanol–water partition coefficient (Wildman–Crippen LogP) is 0.213. The number of nitrogens with two attached hydrogens (primary N) is 1. The Morgan fingerprint density at radius 1 is 1.24 bits per heavy atom. The summed E-state index contributed by atoms with van der Waals surface area (Å²) in [5.74, 6) is -1.01. The zero-order valence-corrected chi connectivity index (χ0v) is 9.31. The Labute approximate surface area is 97.6 Å². The minimum Gasteiger partial charge on any atom is -0.396 e. The summed E-state index contributed by atoms with van der Waals surface area (Å²) in [5, 5.41) is 0. The highest BCUT2D eigenvalue weighted by molar-refractivity contribution is 6.04. The molecule has 6 heteroatoms. The quantitative estimate of drug-likeness (QED) is 0.710. The highest BCUT2D eigenvalue weighted by atomic mass is 19.1. The first-order chi connectivity index (χ1) is 7.99. The van der Waals surface area contributed by atoms with Gasteiger partial charge in [-0.2, -0.15) is 0 Å². The molecule has 0 bridgehead atoms. The molecule has 0 aliphatic carbocycles. The number of hydrogen-bond acceptors (Lipinski definition) is 3. The van der Waals surface area contributed by atoms with Crippen molar-refractivity contribution in [2.75, 3.05) is 30.8 Å². The lowest BCUT2D eigenvalue weighted by atomic mass is 10.2. The Kier molecular flexibility index (Phi) is 2.71. The summed E-state index contributed by atoms with van der Waals surface area (Å²) in [6.45, 7) is -0.0660. The summed E-state index contributed by atoms with van der Waals surface area (Å²) >= 11 is 0. The minimum atomic E-state index is -0.596. The molecule has 0 radical (unpaired) electrons. The summed E-state index contributed by atoms with van der Waals surface area (Å²) in [6.07, 6.45) is 0. The molecule has 1 saturated heterocycles. The molecule has 2 amide bonds. The molecule has 2 rings (SSSR count). The number of halogens is 1. The molecule has 1 aromatic rings. The van der Waals surface area contributed by atoms with Crippen LogP contribution in [0.25, 0.3) is 0 Å². The van der Waals surface area contributed by atoms with Crippen LogP contribution >= 0.6 is 0 Å². The number of carbonyl (C=O) groups is 2. The molecule has 1 aliphatic rings. The average molecular weight is 237 g/mol. The first-order valence-electron chi connectivity index (χ1n) is 5.08. The Bertz CT molecular complexity index is 490. The van der Waals surface area contributed by atoms with Crippen LogP contribution in [-0.2, 0) is 9.59 Å². The van der Waals surface area contributed by atoms with Gasteiger partial charge in [-0.1, -0.05) is 0 Å². The number of nitrogens with zero attached hydrogens (tertiary/aromatic N) is 2. The van der Waals surface area contributed by atoms with E-state index in [9.17, 15) is 14.0 Å². The van der Waals surface area contributed by atoms with E-state index in [0.29, 0.717) is 5.69 Å². The first kappa shape index (κ1) is 11.4. The van der Waals surface area contributed by atoms with Crippen molar-refractivity contribution in [1.29, 1.82) is 0 Å². The van der Waals surface area contributed by atoms with Crippen molar-refractivity contribution in [3.63, 3.8) is 0 Å². The fourth-order valence-electron chi connectivity index (χ4n) is 1.64. The van der Waals surface area contributed by atoms with E-state index < -0.39 is 5.82 Å². The van der Waals surface area contributed by atoms with Gasteiger partial charge >= 0.3 is 0 Å². The predicted molar refractivity (Wildman–Crippen MR) is 60.8 cm³/mol. The van der Waals surface area contributed by atoms with Crippen LogP contribution in [-0.4, -0.2) is 36.9 Å². The smallest absolute Gasteiger partial charge is 0.247 e. The SMILES string of the molecule is CN1CC(=O)N(c2ccc(N)c(F)c2)CC1=O. The number of nitrogen functional groups attached to an aromatic ring is 1. The van der Waals surface area contributed by atoms with Gasteiger partial charge in [0.1, 0.15) is 12.4 Å². The largest absolute Gasteiger partial charge is 0.396 e. The second-order valence-corrected chi connectivity index (χ2v) is 3.94. The maximum atomic E-state index is 13.3. The van der Waals surface area contributed by atoms with Crippen LogP contribution in [0.4, 0.5) is 15.8 Å². The van der Waals surface area contributed by atoms with Crippen LogP contribution in [0, 0.1) is 5.82 Å². The summed E-state index contributed by atoms with van der Waals surface area (Å²) in [5.41, 5.74) is 5.71. The fourth-order valence-corrected chi connectivity index (χ4v) is 1.64. The van der Waals surface area contributed by atoms with Crippen molar-refractivity contribution in [3.05, 3.63) is 24.0 Å². The Balaban J connectivity index is 2.30. The average Bonchev–Trinajstić information content (AvgIpc) is 2.27. The van der Waals surface area contributed by atoms with Gasteiger partial charge in [0.25, 0.3) is 0 Å². The van der Waals surface area contributed by atoms with Gasteiger partial charge in [0.15, 0.2) is 0 Å². The molecule has 0 spiro atoms. The maximum absolute atomic E-state index is 13.3. The Hall–Kier alpha value is -2.11. The lowest BCUT2D eigenvalue weighted by molar-refractivity contribution is -0.136. The summed E-state index contributed by atoms with van der Waals surface area (Å²) in [7, 11) is 1.56. The summed E-state index contributed by atoms with van der Waals surface area (Å²) in [4.78, 5) is 25.8. The molecule has 5 nitrogen and oxygen atoms in total. The number of likely N-dealkylation sites (N-methyl/N-ethyl adjacent to an activating group) is 1. The van der Waals surface area contributed by atoms with Gasteiger partial charge < -0.3 is 15.5 Å². The van der Waals surface area contributed by atoms with Crippen molar-refractivity contribution in [2.45, 2.75) is 0 Å². The zero-order valence-electron chi connectivity index (χ0n) is 9.31. The van der Waals surface area contributed by atoms with E-state index in [1.165, 1.54) is 21.9 Å². The van der Waals surface area contributed by atoms with Gasteiger partial charge in [-0.05, 0) is 18.2 Å². The molecule has 1 fully saturated rings. The van der Waals surface area contributed by atoms with Gasteiger partial charge in [-0.3, -0.25) is 9.59 Å². The summed E-state index contributed by atoms with van der Waals surface area (Å²) in [6, 6.07) is 4.06. The van der Waals surface area contributed by atoms with Crippen molar-refractivity contribution in [2.24, 2.45) is 0 Å². The highest BCUT2D eigenvalue weighted by Gasteiger charge is 2.28. The second-order valence-electron chi connectivity index (χ2n) is 3.94. The molecule has 17 heavy (non-hydrogen) atoms. The molecule has 90 valence electrons. The Morgan fingerprint density at radius 2 is 1.94 bits per heavy atom. The molecule has 0 unspecified atom stereocenters. The topological polar surface area (TPSA) is 66.6 Å². The highest BCUT2D eigenvalue weighted by Crippen LogP contribution is 2.21. The number of amides is 2. The molecule has 0 atom stereocenters. The van der Waals surface area contributed by atoms with Crippen LogP contribution in [0.3, 0.4) is 0 Å². The number of hydrogen-bond donors (Lipinski definition) is 1. The van der Waals surface area contributed by atoms with E-state index in [0.717, 1.165) is 6.07 Å². The monoisotopic (exact) mass is 237 g/mol. The van der Waals surface area contributed by atoms with Crippen molar-refractivity contribution < 1.29 is 14.0 Å². The molecule has 0 saturated carbocycles. The van der Waals surface area contributed by atoms with E-state index >= 15 is 0 Å². The molecule has 1 heterocycles. The van der Waals surface area contributed by atoms with E-state index in [1.807, 2.05) is 0 Å². The zero-order chi connectivity index (χ0) is 12.6. The van der Waals surface area contributed by atoms with E-state index in [2.05, 4.69) is 0 Å². The molecular weight excluding hydrogens is 225 g/mol. The lowest BCUT2D eigenvalue weighted by Crippen LogP contribution is -2.52. The fraction of sp³-hybridized carbons (Fsp3) is 0.273. The van der Waals surface area contributed by atoms with Gasteiger partial charge in [-0.15, -0.1) is 0 Å². The third kappa shape index (κ3) is 2.06. The van der Waals surface area contributed by atoms with Crippen LogP contribution < -0.4 is 10.6 Å². The molecule has 1 aromatic carbocycles. The van der Waals surface area contributed by atoms with Crippen molar-refractivity contribution in [1.82, 2.24) is 4.90 Å². The van der Waals surface area contributed by atoms with Crippen molar-refractivity contribution >= 4 is 23.2 Å². The third-order valence-corrected chi connectivity index (χ3v) is 2.69. The number of carbonyl (C=O) groups excluding carboxylic acids is 2. The maximum Gasteiger partial charge on any atom is 0.247 e. The standard InChI is InChI=1S/C11H12FN3O2/c1-14-5-11(17)15(6-10(14)16)7-2-3-9(13)8(12)4-7/h2-4H,5-6,13H2,1H3. The number of anilines is 2. The third-order valence-electron chi connectivity index (χ3n) is 2.69. The first-order valence-corrected chi connectivity index (χ1v) is 5.08.